The maximum Gasteiger partial charge on any atom is 0.250 e. The van der Waals surface area contributed by atoms with Crippen molar-refractivity contribution >= 4 is 39.8 Å². The Kier molecular flexibility index (Phi) is 6.63. The summed E-state index contributed by atoms with van der Waals surface area (Å²) in [7, 11) is 0. The third kappa shape index (κ3) is 5.31. The number of carbonyl (C=O) groups excluding carboxylic acids is 1. The molecule has 0 aliphatic rings. The van der Waals surface area contributed by atoms with Crippen LogP contribution in [0.3, 0.4) is 0 Å². The quantitative estimate of drug-likeness (QED) is 0.225. The molecule has 31 heavy (non-hydrogen) atoms. The molecule has 0 bridgehead atoms. The van der Waals surface area contributed by atoms with Crippen LogP contribution in [-0.4, -0.2) is 32.6 Å². The van der Waals surface area contributed by atoms with E-state index >= 15 is 0 Å². The second-order valence-electron chi connectivity index (χ2n) is 6.51. The first kappa shape index (κ1) is 21.1. The van der Waals surface area contributed by atoms with Gasteiger partial charge in [-0.1, -0.05) is 58.0 Å². The monoisotopic (exact) mass is 495 g/mol. The van der Waals surface area contributed by atoms with E-state index in [1.165, 1.54) is 18.0 Å². The number of thioether (sulfide) groups is 1. The first-order valence-electron chi connectivity index (χ1n) is 9.38. The van der Waals surface area contributed by atoms with Gasteiger partial charge < -0.3 is 4.42 Å². The first-order chi connectivity index (χ1) is 15.1. The predicted molar refractivity (Wildman–Crippen MR) is 124 cm³/mol. The molecule has 4 aromatic rings. The molecule has 0 saturated heterocycles. The highest BCUT2D eigenvalue weighted by atomic mass is 79.9. The van der Waals surface area contributed by atoms with E-state index in [-0.39, 0.29) is 11.7 Å². The Morgan fingerprint density at radius 1 is 1.13 bits per heavy atom. The number of nitrogens with one attached hydrogen (secondary N) is 1. The van der Waals surface area contributed by atoms with Gasteiger partial charge in [-0.2, -0.15) is 5.10 Å². The number of nitrogens with zero attached hydrogens (tertiary/aromatic N) is 4. The lowest BCUT2D eigenvalue weighted by atomic mass is 10.2. The normalized spacial score (nSPS) is 11.2. The molecule has 0 radical (unpaired) electrons. The van der Waals surface area contributed by atoms with Gasteiger partial charge in [0.25, 0.3) is 5.91 Å². The van der Waals surface area contributed by atoms with Crippen molar-refractivity contribution in [2.75, 3.05) is 5.75 Å². The second-order valence-corrected chi connectivity index (χ2v) is 8.37. The Labute approximate surface area is 191 Å². The van der Waals surface area contributed by atoms with Crippen LogP contribution in [0.15, 0.2) is 85.9 Å². The molecule has 1 amide bonds. The molecular weight excluding hydrogens is 478 g/mol. The number of aryl methyl sites for hydroxylation is 1. The topological polar surface area (TPSA) is 85.3 Å². The Bertz CT molecular complexity index is 1200. The van der Waals surface area contributed by atoms with Crippen molar-refractivity contribution in [2.24, 2.45) is 5.10 Å². The molecule has 2 heterocycles. The van der Waals surface area contributed by atoms with E-state index in [0.717, 1.165) is 21.5 Å². The average molecular weight is 496 g/mol. The minimum atomic E-state index is -0.254. The number of amides is 1. The Morgan fingerprint density at radius 2 is 1.90 bits per heavy atom. The fourth-order valence-electron chi connectivity index (χ4n) is 2.81. The second kappa shape index (κ2) is 9.76. The van der Waals surface area contributed by atoms with Crippen LogP contribution in [0.4, 0.5) is 0 Å². The minimum Gasteiger partial charge on any atom is -0.460 e. The molecule has 156 valence electrons. The number of furan rings is 1. The van der Waals surface area contributed by atoms with Crippen LogP contribution in [-0.2, 0) is 4.79 Å². The summed E-state index contributed by atoms with van der Waals surface area (Å²) >= 11 is 4.75. The lowest BCUT2D eigenvalue weighted by molar-refractivity contribution is -0.118. The zero-order chi connectivity index (χ0) is 21.6. The van der Waals surface area contributed by atoms with Gasteiger partial charge in [-0.15, -0.1) is 10.2 Å². The molecule has 2 aromatic heterocycles. The van der Waals surface area contributed by atoms with Gasteiger partial charge >= 0.3 is 0 Å². The SMILES string of the molecule is Cc1ccc(C=NNC(=O)CSc2nnc(-c3ccccc3)n2-c2ccc(Br)cc2)o1. The smallest absolute Gasteiger partial charge is 0.250 e. The van der Waals surface area contributed by atoms with Crippen molar-refractivity contribution in [2.45, 2.75) is 12.1 Å². The molecule has 4 rings (SSSR count). The number of hydrogen-bond acceptors (Lipinski definition) is 6. The van der Waals surface area contributed by atoms with Crippen molar-refractivity contribution < 1.29 is 9.21 Å². The molecule has 0 aliphatic heterocycles. The van der Waals surface area contributed by atoms with E-state index < -0.39 is 0 Å². The van der Waals surface area contributed by atoms with Gasteiger partial charge in [0, 0.05) is 15.7 Å². The molecule has 0 unspecified atom stereocenters. The largest absolute Gasteiger partial charge is 0.460 e. The summed E-state index contributed by atoms with van der Waals surface area (Å²) in [5.41, 5.74) is 4.34. The number of hydrazone groups is 1. The maximum atomic E-state index is 12.2. The van der Waals surface area contributed by atoms with Gasteiger partial charge in [0.15, 0.2) is 11.0 Å². The minimum absolute atomic E-state index is 0.137. The van der Waals surface area contributed by atoms with Crippen molar-refractivity contribution in [3.05, 3.63) is 82.7 Å². The van der Waals surface area contributed by atoms with Gasteiger partial charge in [0.2, 0.25) is 0 Å². The van der Waals surface area contributed by atoms with Crippen molar-refractivity contribution in [3.8, 4) is 17.1 Å². The van der Waals surface area contributed by atoms with E-state index in [0.29, 0.717) is 16.7 Å². The highest BCUT2D eigenvalue weighted by Gasteiger charge is 2.17. The zero-order valence-corrected chi connectivity index (χ0v) is 18.9. The summed E-state index contributed by atoms with van der Waals surface area (Å²) in [6, 6.07) is 21.3. The molecule has 0 spiro atoms. The summed E-state index contributed by atoms with van der Waals surface area (Å²) in [6.45, 7) is 1.85. The van der Waals surface area contributed by atoms with Gasteiger partial charge in [0.1, 0.15) is 11.5 Å². The first-order valence-corrected chi connectivity index (χ1v) is 11.2. The van der Waals surface area contributed by atoms with Crippen LogP contribution in [0.2, 0.25) is 0 Å². The third-order valence-electron chi connectivity index (χ3n) is 4.22. The van der Waals surface area contributed by atoms with Crippen LogP contribution in [0.25, 0.3) is 17.1 Å². The van der Waals surface area contributed by atoms with E-state index in [1.54, 1.807) is 6.07 Å². The number of benzene rings is 2. The maximum absolute atomic E-state index is 12.2. The fourth-order valence-corrected chi connectivity index (χ4v) is 3.82. The molecule has 0 aliphatic carbocycles. The molecule has 9 heteroatoms. The Morgan fingerprint density at radius 3 is 2.61 bits per heavy atom. The van der Waals surface area contributed by atoms with E-state index in [4.69, 9.17) is 4.42 Å². The number of rotatable bonds is 7. The molecule has 7 nitrogen and oxygen atoms in total. The van der Waals surface area contributed by atoms with Crippen LogP contribution < -0.4 is 5.43 Å². The summed E-state index contributed by atoms with van der Waals surface area (Å²) in [5.74, 6) is 1.95. The fraction of sp³-hybridized carbons (Fsp3) is 0.0909. The Balaban J connectivity index is 1.51. The van der Waals surface area contributed by atoms with Crippen molar-refractivity contribution in [1.29, 1.82) is 0 Å². The van der Waals surface area contributed by atoms with Crippen LogP contribution >= 0.6 is 27.7 Å². The summed E-state index contributed by atoms with van der Waals surface area (Å²) < 4.78 is 8.30. The van der Waals surface area contributed by atoms with Crippen LogP contribution in [0.5, 0.6) is 0 Å². The summed E-state index contributed by atoms with van der Waals surface area (Å²) in [5, 5.41) is 13.2. The highest BCUT2D eigenvalue weighted by molar-refractivity contribution is 9.10. The van der Waals surface area contributed by atoms with Gasteiger partial charge in [0.05, 0.1) is 12.0 Å². The van der Waals surface area contributed by atoms with Crippen LogP contribution in [0, 0.1) is 6.92 Å². The standard InChI is InChI=1S/C22H18BrN5O2S/c1-15-7-12-19(30-15)13-24-25-20(29)14-31-22-27-26-21(16-5-3-2-4-6-16)28(22)18-10-8-17(23)9-11-18/h2-13H,14H2,1H3,(H,25,29). The number of carbonyl (C=O) groups is 1. The third-order valence-corrected chi connectivity index (χ3v) is 5.68. The lowest BCUT2D eigenvalue weighted by Gasteiger charge is -2.10. The lowest BCUT2D eigenvalue weighted by Crippen LogP contribution is -2.19. The predicted octanol–water partition coefficient (Wildman–Crippen LogP) is 4.84. The number of hydrogen-bond donors (Lipinski definition) is 1. The van der Waals surface area contributed by atoms with Gasteiger partial charge in [-0.25, -0.2) is 5.43 Å². The molecule has 0 atom stereocenters. The highest BCUT2D eigenvalue weighted by Crippen LogP contribution is 2.28. The molecular formula is C22H18BrN5O2S. The van der Waals surface area contributed by atoms with Gasteiger partial charge in [-0.05, 0) is 43.3 Å². The van der Waals surface area contributed by atoms with Crippen molar-refractivity contribution in [1.82, 2.24) is 20.2 Å². The zero-order valence-electron chi connectivity index (χ0n) is 16.5. The Hall–Kier alpha value is -3.17. The average Bonchev–Trinajstić information content (AvgIpc) is 3.39. The van der Waals surface area contributed by atoms with E-state index in [1.807, 2.05) is 72.2 Å². The van der Waals surface area contributed by atoms with E-state index in [2.05, 4.69) is 36.7 Å². The summed E-state index contributed by atoms with van der Waals surface area (Å²) in [6.07, 6.45) is 1.47. The summed E-state index contributed by atoms with van der Waals surface area (Å²) in [4.78, 5) is 12.2. The number of aromatic nitrogens is 3. The van der Waals surface area contributed by atoms with E-state index in [9.17, 15) is 4.79 Å². The van der Waals surface area contributed by atoms with Crippen LogP contribution in [0.1, 0.15) is 11.5 Å². The van der Waals surface area contributed by atoms with Gasteiger partial charge in [-0.3, -0.25) is 9.36 Å². The molecule has 0 saturated carbocycles. The molecule has 2 aromatic carbocycles. The van der Waals surface area contributed by atoms with Crippen molar-refractivity contribution in [3.63, 3.8) is 0 Å². The molecule has 1 N–H and O–H groups in total. The molecule has 0 fully saturated rings. The number of halogens is 1.